The molecule has 1 aromatic rings. The predicted octanol–water partition coefficient (Wildman–Crippen LogP) is 1.62. The van der Waals surface area contributed by atoms with Gasteiger partial charge < -0.3 is 16.0 Å². The molecule has 2 aliphatic heterocycles. The minimum Gasteiger partial charge on any atom is -0.359 e. The van der Waals surface area contributed by atoms with E-state index < -0.39 is 5.82 Å². The van der Waals surface area contributed by atoms with E-state index in [1.165, 1.54) is 6.07 Å². The molecule has 2 aliphatic rings. The van der Waals surface area contributed by atoms with E-state index in [4.69, 9.17) is 0 Å². The molecule has 2 saturated heterocycles. The van der Waals surface area contributed by atoms with Gasteiger partial charge in [-0.2, -0.15) is 0 Å². The van der Waals surface area contributed by atoms with E-state index in [9.17, 15) is 14.0 Å². The molecule has 154 valence electrons. The first-order valence-electron chi connectivity index (χ1n) is 10.2. The number of hydrogen-bond donors (Lipinski definition) is 3. The van der Waals surface area contributed by atoms with Crippen molar-refractivity contribution in [2.24, 2.45) is 0 Å². The van der Waals surface area contributed by atoms with E-state index in [-0.39, 0.29) is 29.5 Å². The summed E-state index contributed by atoms with van der Waals surface area (Å²) in [5.41, 5.74) is 1.16. The molecule has 2 fully saturated rings. The highest BCUT2D eigenvalue weighted by Crippen LogP contribution is 2.27. The van der Waals surface area contributed by atoms with Gasteiger partial charge in [0.2, 0.25) is 5.91 Å². The number of halogens is 1. The maximum atomic E-state index is 14.3. The molecule has 0 radical (unpaired) electrons. The van der Waals surface area contributed by atoms with Crippen LogP contribution in [0.4, 0.5) is 4.39 Å². The van der Waals surface area contributed by atoms with Crippen LogP contribution in [0, 0.1) is 5.82 Å². The van der Waals surface area contributed by atoms with Crippen LogP contribution >= 0.6 is 0 Å². The molecule has 2 atom stereocenters. The molecular formula is C21H31FN4O2. The Bertz CT molecular complexity index is 706. The summed E-state index contributed by atoms with van der Waals surface area (Å²) in [4.78, 5) is 26.4. The van der Waals surface area contributed by atoms with Gasteiger partial charge in [-0.1, -0.05) is 6.07 Å². The zero-order valence-corrected chi connectivity index (χ0v) is 16.8. The number of hydrogen-bond acceptors (Lipinski definition) is 4. The van der Waals surface area contributed by atoms with Crippen LogP contribution < -0.4 is 16.0 Å². The van der Waals surface area contributed by atoms with Crippen LogP contribution in [0.3, 0.4) is 0 Å². The Morgan fingerprint density at radius 3 is 2.61 bits per heavy atom. The summed E-state index contributed by atoms with van der Waals surface area (Å²) in [6.45, 7) is 2.36. The van der Waals surface area contributed by atoms with Gasteiger partial charge >= 0.3 is 0 Å². The lowest BCUT2D eigenvalue weighted by molar-refractivity contribution is -0.121. The summed E-state index contributed by atoms with van der Waals surface area (Å²) in [6, 6.07) is 5.27. The number of likely N-dealkylation sites (N-methyl/N-ethyl adjacent to an activating group) is 1. The fraction of sp³-hybridized carbons (Fsp3) is 0.619. The largest absolute Gasteiger partial charge is 0.359 e. The van der Waals surface area contributed by atoms with Gasteiger partial charge in [0.15, 0.2) is 0 Å². The van der Waals surface area contributed by atoms with E-state index in [1.807, 2.05) is 7.05 Å². The van der Waals surface area contributed by atoms with Crippen LogP contribution in [0.2, 0.25) is 0 Å². The maximum Gasteiger partial charge on any atom is 0.254 e. The highest BCUT2D eigenvalue weighted by atomic mass is 19.1. The average molecular weight is 391 g/mol. The van der Waals surface area contributed by atoms with E-state index >= 15 is 0 Å². The predicted molar refractivity (Wildman–Crippen MR) is 107 cm³/mol. The Hall–Kier alpha value is -1.99. The number of nitrogens with one attached hydrogen (secondary N) is 3. The zero-order valence-electron chi connectivity index (χ0n) is 16.8. The lowest BCUT2D eigenvalue weighted by atomic mass is 9.89. The number of likely N-dealkylation sites (tertiary alicyclic amines) is 1. The fourth-order valence-corrected chi connectivity index (χ4v) is 4.33. The first-order valence-corrected chi connectivity index (χ1v) is 10.2. The summed E-state index contributed by atoms with van der Waals surface area (Å²) in [5.74, 6) is -0.443. The normalized spacial score (nSPS) is 23.5. The number of piperidine rings is 1. The summed E-state index contributed by atoms with van der Waals surface area (Å²) < 4.78 is 14.3. The SMILES string of the molecule is CNC(=O)C[C@H]1CC[C@@H](CNC(=O)c2cc(C3CCNCC3)ccc2F)N1C. The van der Waals surface area contributed by atoms with Crippen LogP contribution in [0.1, 0.15) is 53.9 Å². The minimum atomic E-state index is -0.479. The van der Waals surface area contributed by atoms with Crippen molar-refractivity contribution in [3.05, 3.63) is 35.1 Å². The van der Waals surface area contributed by atoms with E-state index in [0.717, 1.165) is 44.3 Å². The summed E-state index contributed by atoms with van der Waals surface area (Å²) in [7, 11) is 3.62. The molecule has 3 rings (SSSR count). The lowest BCUT2D eigenvalue weighted by Gasteiger charge is -2.26. The van der Waals surface area contributed by atoms with Gasteiger partial charge in [0, 0.05) is 32.1 Å². The monoisotopic (exact) mass is 390 g/mol. The van der Waals surface area contributed by atoms with Crippen molar-refractivity contribution < 1.29 is 14.0 Å². The van der Waals surface area contributed by atoms with Gasteiger partial charge in [-0.05, 0) is 69.4 Å². The third-order valence-corrected chi connectivity index (χ3v) is 6.23. The number of carbonyl (C=O) groups excluding carboxylic acids is 2. The topological polar surface area (TPSA) is 73.5 Å². The molecule has 2 amide bonds. The van der Waals surface area contributed by atoms with Crippen molar-refractivity contribution in [3.63, 3.8) is 0 Å². The number of carbonyl (C=O) groups is 2. The molecule has 0 aromatic heterocycles. The average Bonchev–Trinajstić information content (AvgIpc) is 3.06. The number of amides is 2. The second-order valence-corrected chi connectivity index (χ2v) is 7.90. The van der Waals surface area contributed by atoms with Crippen molar-refractivity contribution in [1.82, 2.24) is 20.9 Å². The Labute approximate surface area is 166 Å². The van der Waals surface area contributed by atoms with Gasteiger partial charge in [-0.15, -0.1) is 0 Å². The molecule has 0 bridgehead atoms. The number of benzene rings is 1. The van der Waals surface area contributed by atoms with Gasteiger partial charge in [0.05, 0.1) is 5.56 Å². The van der Waals surface area contributed by atoms with Crippen molar-refractivity contribution in [1.29, 1.82) is 0 Å². The minimum absolute atomic E-state index is 0.0262. The van der Waals surface area contributed by atoms with Crippen LogP contribution in [0.15, 0.2) is 18.2 Å². The quantitative estimate of drug-likeness (QED) is 0.690. The van der Waals surface area contributed by atoms with Crippen LogP contribution in [-0.2, 0) is 4.79 Å². The highest BCUT2D eigenvalue weighted by molar-refractivity contribution is 5.94. The van der Waals surface area contributed by atoms with E-state index in [2.05, 4.69) is 20.9 Å². The summed E-state index contributed by atoms with van der Waals surface area (Å²) in [5, 5.41) is 8.88. The van der Waals surface area contributed by atoms with Crippen LogP contribution in [0.5, 0.6) is 0 Å². The molecular weight excluding hydrogens is 359 g/mol. The smallest absolute Gasteiger partial charge is 0.254 e. The van der Waals surface area contributed by atoms with Gasteiger partial charge in [-0.3, -0.25) is 14.5 Å². The third kappa shape index (κ3) is 4.89. The molecule has 28 heavy (non-hydrogen) atoms. The van der Waals surface area contributed by atoms with Crippen LogP contribution in [-0.4, -0.2) is 62.5 Å². The Balaban J connectivity index is 1.58. The van der Waals surface area contributed by atoms with Crippen molar-refractivity contribution in [2.75, 3.05) is 33.7 Å². The third-order valence-electron chi connectivity index (χ3n) is 6.23. The van der Waals surface area contributed by atoms with Crippen molar-refractivity contribution in [2.45, 2.75) is 50.1 Å². The first-order chi connectivity index (χ1) is 13.5. The Kier molecular flexibility index (Phi) is 7.02. The summed E-state index contributed by atoms with van der Waals surface area (Å²) >= 11 is 0. The molecule has 0 unspecified atom stereocenters. The number of nitrogens with zero attached hydrogens (tertiary/aromatic N) is 1. The second-order valence-electron chi connectivity index (χ2n) is 7.90. The van der Waals surface area contributed by atoms with E-state index in [0.29, 0.717) is 18.9 Å². The van der Waals surface area contributed by atoms with Gasteiger partial charge in [0.1, 0.15) is 5.82 Å². The van der Waals surface area contributed by atoms with Crippen molar-refractivity contribution in [3.8, 4) is 0 Å². The maximum absolute atomic E-state index is 14.3. The first kappa shape index (κ1) is 20.7. The van der Waals surface area contributed by atoms with Crippen LogP contribution in [0.25, 0.3) is 0 Å². The molecule has 7 heteroatoms. The van der Waals surface area contributed by atoms with E-state index in [1.54, 1.807) is 19.2 Å². The number of rotatable bonds is 6. The van der Waals surface area contributed by atoms with Gasteiger partial charge in [-0.25, -0.2) is 4.39 Å². The lowest BCUT2D eigenvalue weighted by Crippen LogP contribution is -2.42. The Morgan fingerprint density at radius 2 is 1.89 bits per heavy atom. The fourth-order valence-electron chi connectivity index (χ4n) is 4.33. The van der Waals surface area contributed by atoms with Gasteiger partial charge in [0.25, 0.3) is 5.91 Å². The molecule has 0 saturated carbocycles. The second kappa shape index (κ2) is 9.47. The summed E-state index contributed by atoms with van der Waals surface area (Å²) in [6.07, 6.45) is 4.31. The Morgan fingerprint density at radius 1 is 1.18 bits per heavy atom. The molecule has 0 aliphatic carbocycles. The standard InChI is InChI=1S/C21H31FN4O2/c1-23-20(27)12-16-4-5-17(26(16)2)13-25-21(28)18-11-15(3-6-19(18)22)14-7-9-24-10-8-14/h3,6,11,14,16-17,24H,4-5,7-10,12-13H2,1-2H3,(H,23,27)(H,25,28)/t16-,17+/m1/s1. The van der Waals surface area contributed by atoms with Crippen molar-refractivity contribution >= 4 is 11.8 Å². The molecule has 2 heterocycles. The molecule has 1 aromatic carbocycles. The highest BCUT2D eigenvalue weighted by Gasteiger charge is 2.32. The molecule has 6 nitrogen and oxygen atoms in total. The molecule has 0 spiro atoms. The molecule has 3 N–H and O–H groups in total. The zero-order chi connectivity index (χ0) is 20.1.